The summed E-state index contributed by atoms with van der Waals surface area (Å²) in [5.41, 5.74) is 1.32. The Morgan fingerprint density at radius 2 is 2.15 bits per heavy atom. The van der Waals surface area contributed by atoms with E-state index in [9.17, 15) is 0 Å². The van der Waals surface area contributed by atoms with E-state index in [4.69, 9.17) is 9.47 Å². The van der Waals surface area contributed by atoms with Gasteiger partial charge < -0.3 is 14.8 Å². The minimum absolute atomic E-state index is 0.166. The quantitative estimate of drug-likeness (QED) is 0.887. The molecule has 3 nitrogen and oxygen atoms in total. The van der Waals surface area contributed by atoms with Crippen LogP contribution in [0.5, 0.6) is 5.75 Å². The second-order valence-corrected chi connectivity index (χ2v) is 6.78. The lowest BCUT2D eigenvalue weighted by atomic mass is 9.89. The molecule has 1 aromatic carbocycles. The zero-order chi connectivity index (χ0) is 14.0. The number of methoxy groups -OCH3 is 1. The first-order chi connectivity index (χ1) is 9.71. The Bertz CT molecular complexity index is 472. The average molecular weight is 340 g/mol. The van der Waals surface area contributed by atoms with E-state index in [2.05, 4.69) is 33.4 Å². The summed E-state index contributed by atoms with van der Waals surface area (Å²) in [6.07, 6.45) is 7.33. The number of ether oxygens (including phenoxy) is 2. The monoisotopic (exact) mass is 339 g/mol. The Balaban J connectivity index is 1.66. The lowest BCUT2D eigenvalue weighted by Gasteiger charge is -2.39. The number of nitrogens with one attached hydrogen (secondary N) is 1. The summed E-state index contributed by atoms with van der Waals surface area (Å²) in [7, 11) is 1.69. The molecule has 1 aromatic rings. The number of halogens is 1. The van der Waals surface area contributed by atoms with Crippen molar-refractivity contribution in [2.75, 3.05) is 19.0 Å². The molecule has 2 fully saturated rings. The number of benzene rings is 1. The molecule has 3 rings (SSSR count). The van der Waals surface area contributed by atoms with Crippen LogP contribution >= 0.6 is 15.9 Å². The molecule has 110 valence electrons. The highest BCUT2D eigenvalue weighted by Gasteiger charge is 2.39. The largest absolute Gasteiger partial charge is 0.496 e. The van der Waals surface area contributed by atoms with Gasteiger partial charge in [0.2, 0.25) is 0 Å². The molecule has 20 heavy (non-hydrogen) atoms. The molecule has 0 aromatic heterocycles. The Morgan fingerprint density at radius 3 is 2.85 bits per heavy atom. The fourth-order valence-electron chi connectivity index (χ4n) is 3.51. The highest BCUT2D eigenvalue weighted by Crippen LogP contribution is 2.40. The van der Waals surface area contributed by atoms with Crippen molar-refractivity contribution in [1.29, 1.82) is 0 Å². The molecule has 1 atom stereocenters. The van der Waals surface area contributed by atoms with Gasteiger partial charge in [0.1, 0.15) is 5.75 Å². The molecule has 0 amide bonds. The minimum Gasteiger partial charge on any atom is -0.496 e. The molecule has 1 spiro atoms. The third-order valence-corrected chi connectivity index (χ3v) is 5.15. The van der Waals surface area contributed by atoms with Crippen molar-refractivity contribution in [3.8, 4) is 5.75 Å². The van der Waals surface area contributed by atoms with Gasteiger partial charge in [-0.25, -0.2) is 0 Å². The van der Waals surface area contributed by atoms with Gasteiger partial charge in [-0.15, -0.1) is 0 Å². The molecule has 2 aliphatic rings. The lowest BCUT2D eigenvalue weighted by molar-refractivity contribution is -0.0767. The van der Waals surface area contributed by atoms with E-state index in [0.717, 1.165) is 35.4 Å². The molecule has 1 aliphatic carbocycles. The van der Waals surface area contributed by atoms with Gasteiger partial charge in [-0.1, -0.05) is 12.8 Å². The third-order valence-electron chi connectivity index (χ3n) is 4.53. The molecule has 1 aliphatic heterocycles. The van der Waals surface area contributed by atoms with E-state index in [1.54, 1.807) is 7.11 Å². The summed E-state index contributed by atoms with van der Waals surface area (Å²) in [4.78, 5) is 0. The van der Waals surface area contributed by atoms with Gasteiger partial charge >= 0.3 is 0 Å². The maximum Gasteiger partial charge on any atom is 0.133 e. The molecular weight excluding hydrogens is 318 g/mol. The summed E-state index contributed by atoms with van der Waals surface area (Å²) in [5.74, 6) is 0.870. The predicted octanol–water partition coefficient (Wildman–Crippen LogP) is 4.36. The predicted molar refractivity (Wildman–Crippen MR) is 84.5 cm³/mol. The molecule has 0 radical (unpaired) electrons. The van der Waals surface area contributed by atoms with Gasteiger partial charge in [0.15, 0.2) is 0 Å². The van der Waals surface area contributed by atoms with Crippen LogP contribution < -0.4 is 10.1 Å². The molecule has 1 N–H and O–H groups in total. The van der Waals surface area contributed by atoms with Crippen molar-refractivity contribution in [2.45, 2.75) is 50.2 Å². The molecule has 1 saturated heterocycles. The van der Waals surface area contributed by atoms with Gasteiger partial charge in [0.05, 0.1) is 17.2 Å². The summed E-state index contributed by atoms with van der Waals surface area (Å²) in [6.45, 7) is 0.884. The summed E-state index contributed by atoms with van der Waals surface area (Å²) < 4.78 is 12.3. The minimum atomic E-state index is 0.166. The fraction of sp³-hybridized carbons (Fsp3) is 0.625. The average Bonchev–Trinajstić information content (AvgIpc) is 2.87. The van der Waals surface area contributed by atoms with Crippen LogP contribution in [0.1, 0.15) is 38.5 Å². The third kappa shape index (κ3) is 2.96. The first-order valence-corrected chi connectivity index (χ1v) is 8.24. The van der Waals surface area contributed by atoms with E-state index in [1.165, 1.54) is 25.7 Å². The zero-order valence-electron chi connectivity index (χ0n) is 12.0. The first kappa shape index (κ1) is 14.2. The van der Waals surface area contributed by atoms with E-state index in [1.807, 2.05) is 6.07 Å². The van der Waals surface area contributed by atoms with Gasteiger partial charge in [-0.2, -0.15) is 0 Å². The van der Waals surface area contributed by atoms with Crippen LogP contribution in [0.4, 0.5) is 5.69 Å². The summed E-state index contributed by atoms with van der Waals surface area (Å²) in [6, 6.07) is 6.69. The number of hydrogen-bond acceptors (Lipinski definition) is 3. The van der Waals surface area contributed by atoms with Crippen LogP contribution in [0.15, 0.2) is 22.7 Å². The van der Waals surface area contributed by atoms with Gasteiger partial charge in [-0.05, 0) is 59.8 Å². The van der Waals surface area contributed by atoms with Crippen LogP contribution in [-0.2, 0) is 4.74 Å². The fourth-order valence-corrected chi connectivity index (χ4v) is 4.05. The SMILES string of the molecule is COc1ccc(NC2CCOC3(CCCC3)C2)cc1Br. The highest BCUT2D eigenvalue weighted by atomic mass is 79.9. The maximum atomic E-state index is 6.09. The van der Waals surface area contributed by atoms with Crippen molar-refractivity contribution in [3.05, 3.63) is 22.7 Å². The van der Waals surface area contributed by atoms with Crippen molar-refractivity contribution >= 4 is 21.6 Å². The Morgan fingerprint density at radius 1 is 1.35 bits per heavy atom. The Kier molecular flexibility index (Phi) is 4.22. The van der Waals surface area contributed by atoms with Crippen molar-refractivity contribution in [2.24, 2.45) is 0 Å². The number of hydrogen-bond donors (Lipinski definition) is 1. The van der Waals surface area contributed by atoms with E-state index in [-0.39, 0.29) is 5.60 Å². The summed E-state index contributed by atoms with van der Waals surface area (Å²) in [5, 5.41) is 3.66. The van der Waals surface area contributed by atoms with Crippen LogP contribution in [-0.4, -0.2) is 25.4 Å². The number of rotatable bonds is 3. The second kappa shape index (κ2) is 5.94. The Hall–Kier alpha value is -0.740. The molecule has 1 saturated carbocycles. The molecule has 4 heteroatoms. The standard InChI is InChI=1S/C16H22BrNO2/c1-19-15-5-4-12(10-14(15)17)18-13-6-9-20-16(11-13)7-2-3-8-16/h4-5,10,13,18H,2-3,6-9,11H2,1H3. The first-order valence-electron chi connectivity index (χ1n) is 7.45. The molecular formula is C16H22BrNO2. The van der Waals surface area contributed by atoms with Crippen molar-refractivity contribution in [1.82, 2.24) is 0 Å². The summed E-state index contributed by atoms with van der Waals surface area (Å²) >= 11 is 3.54. The lowest BCUT2D eigenvalue weighted by Crippen LogP contribution is -2.42. The van der Waals surface area contributed by atoms with Crippen LogP contribution in [0.25, 0.3) is 0 Å². The van der Waals surface area contributed by atoms with E-state index < -0.39 is 0 Å². The van der Waals surface area contributed by atoms with Crippen molar-refractivity contribution < 1.29 is 9.47 Å². The molecule has 0 bridgehead atoms. The van der Waals surface area contributed by atoms with Crippen LogP contribution in [0.2, 0.25) is 0 Å². The highest BCUT2D eigenvalue weighted by molar-refractivity contribution is 9.10. The molecule has 1 unspecified atom stereocenters. The zero-order valence-corrected chi connectivity index (χ0v) is 13.5. The van der Waals surface area contributed by atoms with E-state index in [0.29, 0.717) is 6.04 Å². The smallest absolute Gasteiger partial charge is 0.133 e. The molecule has 1 heterocycles. The van der Waals surface area contributed by atoms with Crippen LogP contribution in [0, 0.1) is 0 Å². The normalized spacial score (nSPS) is 24.8. The van der Waals surface area contributed by atoms with Crippen molar-refractivity contribution in [3.63, 3.8) is 0 Å². The van der Waals surface area contributed by atoms with Crippen LogP contribution in [0.3, 0.4) is 0 Å². The second-order valence-electron chi connectivity index (χ2n) is 5.92. The van der Waals surface area contributed by atoms with Gasteiger partial charge in [0, 0.05) is 18.3 Å². The maximum absolute atomic E-state index is 6.09. The topological polar surface area (TPSA) is 30.5 Å². The van der Waals surface area contributed by atoms with Gasteiger partial charge in [-0.3, -0.25) is 0 Å². The van der Waals surface area contributed by atoms with E-state index >= 15 is 0 Å². The Labute approximate surface area is 129 Å². The van der Waals surface area contributed by atoms with Gasteiger partial charge in [0.25, 0.3) is 0 Å². The number of anilines is 1.